The number of hydrogen-bond donors (Lipinski definition) is 2. The van der Waals surface area contributed by atoms with Gasteiger partial charge in [0.25, 0.3) is 0 Å². The van der Waals surface area contributed by atoms with Crippen molar-refractivity contribution in [2.75, 3.05) is 39.3 Å². The smallest absolute Gasteiger partial charge is 0.0431 e. The Bertz CT molecular complexity index is 111. The van der Waals surface area contributed by atoms with Crippen LogP contribution in [0.5, 0.6) is 0 Å². The van der Waals surface area contributed by atoms with Crippen LogP contribution in [0.25, 0.3) is 0 Å². The first-order valence-corrected chi connectivity index (χ1v) is 5.47. The third kappa shape index (κ3) is 5.24. The maximum atomic E-state index is 8.62. The van der Waals surface area contributed by atoms with E-state index in [0.29, 0.717) is 6.61 Å². The van der Waals surface area contributed by atoms with Gasteiger partial charge in [-0.3, -0.25) is 0 Å². The molecule has 0 unspecified atom stereocenters. The fourth-order valence-electron chi connectivity index (χ4n) is 1.75. The average Bonchev–Trinajstić information content (AvgIpc) is 2.41. The minimum absolute atomic E-state index is 0.349. The Morgan fingerprint density at radius 1 is 1.08 bits per heavy atom. The van der Waals surface area contributed by atoms with Crippen molar-refractivity contribution in [2.24, 2.45) is 0 Å². The van der Waals surface area contributed by atoms with Gasteiger partial charge in [-0.25, -0.2) is 0 Å². The van der Waals surface area contributed by atoms with Crippen molar-refractivity contribution >= 4 is 0 Å². The topological polar surface area (TPSA) is 35.5 Å². The third-order valence-corrected chi connectivity index (χ3v) is 2.57. The molecule has 3 heteroatoms. The summed E-state index contributed by atoms with van der Waals surface area (Å²) in [6.07, 6.45) is 4.65. The van der Waals surface area contributed by atoms with Crippen LogP contribution in [-0.2, 0) is 0 Å². The standard InChI is InChI=1S/C10H22N2O/c13-10-3-1-2-7-12-8-4-5-11-6-9-12/h11,13H,1-10H2. The van der Waals surface area contributed by atoms with E-state index in [1.807, 2.05) is 0 Å². The zero-order chi connectivity index (χ0) is 9.36. The Morgan fingerprint density at radius 2 is 2.00 bits per heavy atom. The van der Waals surface area contributed by atoms with Crippen LogP contribution in [0, 0.1) is 0 Å². The Morgan fingerprint density at radius 3 is 2.85 bits per heavy atom. The summed E-state index contributed by atoms with van der Waals surface area (Å²) in [6, 6.07) is 0. The van der Waals surface area contributed by atoms with E-state index < -0.39 is 0 Å². The van der Waals surface area contributed by atoms with Gasteiger partial charge in [-0.05, 0) is 45.3 Å². The first kappa shape index (κ1) is 11.0. The molecular weight excluding hydrogens is 164 g/mol. The van der Waals surface area contributed by atoms with E-state index >= 15 is 0 Å². The SMILES string of the molecule is OCCCCCN1CCCNCC1. The minimum Gasteiger partial charge on any atom is -0.396 e. The molecule has 2 N–H and O–H groups in total. The molecule has 0 spiro atoms. The summed E-state index contributed by atoms with van der Waals surface area (Å²) in [5, 5.41) is 12.0. The highest BCUT2D eigenvalue weighted by Gasteiger charge is 2.06. The van der Waals surface area contributed by atoms with E-state index in [9.17, 15) is 0 Å². The number of unbranched alkanes of at least 4 members (excludes halogenated alkanes) is 2. The fraction of sp³-hybridized carbons (Fsp3) is 1.00. The molecule has 0 amide bonds. The van der Waals surface area contributed by atoms with Crippen LogP contribution in [0.4, 0.5) is 0 Å². The van der Waals surface area contributed by atoms with Gasteiger partial charge in [-0.1, -0.05) is 0 Å². The summed E-state index contributed by atoms with van der Waals surface area (Å²) in [4.78, 5) is 2.53. The average molecular weight is 186 g/mol. The van der Waals surface area contributed by atoms with Gasteiger partial charge in [-0.2, -0.15) is 0 Å². The van der Waals surface area contributed by atoms with Crippen LogP contribution >= 0.6 is 0 Å². The number of rotatable bonds is 5. The third-order valence-electron chi connectivity index (χ3n) is 2.57. The molecule has 0 bridgehead atoms. The zero-order valence-electron chi connectivity index (χ0n) is 8.47. The van der Waals surface area contributed by atoms with Crippen LogP contribution in [0.2, 0.25) is 0 Å². The van der Waals surface area contributed by atoms with Crippen molar-refractivity contribution in [1.29, 1.82) is 0 Å². The molecule has 0 aromatic heterocycles. The Hall–Kier alpha value is -0.120. The first-order valence-electron chi connectivity index (χ1n) is 5.47. The molecule has 0 radical (unpaired) electrons. The summed E-state index contributed by atoms with van der Waals surface area (Å²) in [5.41, 5.74) is 0. The maximum absolute atomic E-state index is 8.62. The lowest BCUT2D eigenvalue weighted by atomic mass is 10.2. The van der Waals surface area contributed by atoms with Gasteiger partial charge in [0.1, 0.15) is 0 Å². The van der Waals surface area contributed by atoms with Gasteiger partial charge in [0, 0.05) is 19.7 Å². The molecule has 13 heavy (non-hydrogen) atoms. The summed E-state index contributed by atoms with van der Waals surface area (Å²) in [6.45, 7) is 6.31. The second-order valence-electron chi connectivity index (χ2n) is 3.73. The molecule has 1 aliphatic rings. The molecular formula is C10H22N2O. The van der Waals surface area contributed by atoms with Gasteiger partial charge in [-0.15, -0.1) is 0 Å². The highest BCUT2D eigenvalue weighted by molar-refractivity contribution is 4.65. The molecule has 1 aliphatic heterocycles. The summed E-state index contributed by atoms with van der Waals surface area (Å²) in [5.74, 6) is 0. The molecule has 78 valence electrons. The molecule has 0 atom stereocenters. The molecule has 1 saturated heterocycles. The largest absolute Gasteiger partial charge is 0.396 e. The molecule has 1 fully saturated rings. The Kier molecular flexibility index (Phi) is 6.15. The first-order chi connectivity index (χ1) is 6.43. The van der Waals surface area contributed by atoms with Gasteiger partial charge in [0.2, 0.25) is 0 Å². The fourth-order valence-corrected chi connectivity index (χ4v) is 1.75. The second kappa shape index (κ2) is 7.30. The van der Waals surface area contributed by atoms with E-state index in [2.05, 4.69) is 10.2 Å². The quantitative estimate of drug-likeness (QED) is 0.612. The van der Waals surface area contributed by atoms with Crippen LogP contribution in [0.1, 0.15) is 25.7 Å². The van der Waals surface area contributed by atoms with Crippen LogP contribution < -0.4 is 5.32 Å². The van der Waals surface area contributed by atoms with E-state index in [1.165, 1.54) is 45.4 Å². The molecule has 1 rings (SSSR count). The number of aliphatic hydroxyl groups is 1. The zero-order valence-corrected chi connectivity index (χ0v) is 8.47. The number of nitrogens with one attached hydrogen (secondary N) is 1. The summed E-state index contributed by atoms with van der Waals surface area (Å²) >= 11 is 0. The minimum atomic E-state index is 0.349. The van der Waals surface area contributed by atoms with Gasteiger partial charge in [0.15, 0.2) is 0 Å². The Labute approximate surface area is 81.1 Å². The number of nitrogens with zero attached hydrogens (tertiary/aromatic N) is 1. The number of aliphatic hydroxyl groups excluding tert-OH is 1. The predicted octanol–water partition coefficient (Wildman–Crippen LogP) is 0.444. The maximum Gasteiger partial charge on any atom is 0.0431 e. The Balaban J connectivity index is 1.98. The van der Waals surface area contributed by atoms with Crippen molar-refractivity contribution in [3.8, 4) is 0 Å². The van der Waals surface area contributed by atoms with Gasteiger partial charge < -0.3 is 15.3 Å². The van der Waals surface area contributed by atoms with Crippen molar-refractivity contribution in [3.63, 3.8) is 0 Å². The second-order valence-corrected chi connectivity index (χ2v) is 3.73. The van der Waals surface area contributed by atoms with E-state index in [-0.39, 0.29) is 0 Å². The number of hydrogen-bond acceptors (Lipinski definition) is 3. The molecule has 0 saturated carbocycles. The lowest BCUT2D eigenvalue weighted by Crippen LogP contribution is -2.29. The van der Waals surface area contributed by atoms with Crippen LogP contribution in [0.3, 0.4) is 0 Å². The lowest BCUT2D eigenvalue weighted by molar-refractivity contribution is 0.261. The molecule has 0 aromatic carbocycles. The summed E-state index contributed by atoms with van der Waals surface area (Å²) in [7, 11) is 0. The van der Waals surface area contributed by atoms with Crippen molar-refractivity contribution in [3.05, 3.63) is 0 Å². The van der Waals surface area contributed by atoms with Gasteiger partial charge in [0.05, 0.1) is 0 Å². The predicted molar refractivity (Wildman–Crippen MR) is 54.9 cm³/mol. The molecule has 0 aromatic rings. The highest BCUT2D eigenvalue weighted by Crippen LogP contribution is 2.00. The van der Waals surface area contributed by atoms with Gasteiger partial charge >= 0.3 is 0 Å². The van der Waals surface area contributed by atoms with Crippen LogP contribution in [-0.4, -0.2) is 49.3 Å². The monoisotopic (exact) mass is 186 g/mol. The lowest BCUT2D eigenvalue weighted by Gasteiger charge is -2.18. The molecule has 0 aliphatic carbocycles. The van der Waals surface area contributed by atoms with Crippen molar-refractivity contribution in [1.82, 2.24) is 10.2 Å². The van der Waals surface area contributed by atoms with Crippen molar-refractivity contribution in [2.45, 2.75) is 25.7 Å². The normalized spacial score (nSPS) is 20.1. The van der Waals surface area contributed by atoms with Crippen molar-refractivity contribution < 1.29 is 5.11 Å². The van der Waals surface area contributed by atoms with E-state index in [0.717, 1.165) is 13.0 Å². The van der Waals surface area contributed by atoms with E-state index in [1.54, 1.807) is 0 Å². The van der Waals surface area contributed by atoms with E-state index in [4.69, 9.17) is 5.11 Å². The summed E-state index contributed by atoms with van der Waals surface area (Å²) < 4.78 is 0. The van der Waals surface area contributed by atoms with Crippen LogP contribution in [0.15, 0.2) is 0 Å². The molecule has 3 nitrogen and oxygen atoms in total. The highest BCUT2D eigenvalue weighted by atomic mass is 16.2. The molecule has 1 heterocycles.